The van der Waals surface area contributed by atoms with Crippen LogP contribution in [0.3, 0.4) is 0 Å². The first kappa shape index (κ1) is 11.8. The molecule has 1 rings (SSSR count). The molecule has 1 heterocycles. The van der Waals surface area contributed by atoms with Crippen molar-refractivity contribution >= 4 is 5.78 Å². The van der Waals surface area contributed by atoms with Gasteiger partial charge in [0.05, 0.1) is 6.61 Å². The van der Waals surface area contributed by atoms with Gasteiger partial charge in [-0.1, -0.05) is 26.2 Å². The van der Waals surface area contributed by atoms with Gasteiger partial charge in [0.2, 0.25) is 0 Å². The standard InChI is InChI=1S/C12H18O3/c1-3-4-5-6-9-14-12-8-7-11(15-12)10(2)13/h7-8H,3-6,9H2,1-2H3. The predicted octanol–water partition coefficient (Wildman–Crippen LogP) is 3.44. The Morgan fingerprint density at radius 2 is 2.13 bits per heavy atom. The van der Waals surface area contributed by atoms with Gasteiger partial charge in [0, 0.05) is 13.0 Å². The third-order valence-electron chi connectivity index (χ3n) is 2.17. The lowest BCUT2D eigenvalue weighted by molar-refractivity contribution is 0.0978. The molecule has 0 aliphatic rings. The number of ketones is 1. The van der Waals surface area contributed by atoms with Crippen molar-refractivity contribution in [2.45, 2.75) is 39.5 Å². The number of hydrogen-bond donors (Lipinski definition) is 0. The number of furan rings is 1. The van der Waals surface area contributed by atoms with Crippen molar-refractivity contribution in [3.8, 4) is 5.95 Å². The van der Waals surface area contributed by atoms with Gasteiger partial charge in [0.15, 0.2) is 11.5 Å². The monoisotopic (exact) mass is 210 g/mol. The Balaban J connectivity index is 2.23. The first-order valence-corrected chi connectivity index (χ1v) is 5.47. The highest BCUT2D eigenvalue weighted by molar-refractivity contribution is 5.91. The summed E-state index contributed by atoms with van der Waals surface area (Å²) in [4.78, 5) is 10.9. The van der Waals surface area contributed by atoms with Crippen LogP contribution in [0.4, 0.5) is 0 Å². The first-order valence-electron chi connectivity index (χ1n) is 5.47. The van der Waals surface area contributed by atoms with Crippen LogP contribution in [0, 0.1) is 0 Å². The normalized spacial score (nSPS) is 10.3. The summed E-state index contributed by atoms with van der Waals surface area (Å²) in [7, 11) is 0. The SMILES string of the molecule is CCCCCCOc1ccc(C(C)=O)o1. The van der Waals surface area contributed by atoms with Crippen molar-refractivity contribution in [1.82, 2.24) is 0 Å². The molecule has 0 amide bonds. The van der Waals surface area contributed by atoms with Gasteiger partial charge in [-0.05, 0) is 12.5 Å². The molecule has 0 bridgehead atoms. The Labute approximate surface area is 90.4 Å². The zero-order chi connectivity index (χ0) is 11.1. The van der Waals surface area contributed by atoms with Gasteiger partial charge in [-0.2, -0.15) is 0 Å². The molecule has 0 unspecified atom stereocenters. The van der Waals surface area contributed by atoms with Crippen LogP contribution >= 0.6 is 0 Å². The van der Waals surface area contributed by atoms with Gasteiger partial charge in [-0.15, -0.1) is 0 Å². The molecule has 0 saturated heterocycles. The first-order chi connectivity index (χ1) is 7.24. The van der Waals surface area contributed by atoms with Gasteiger partial charge in [-0.3, -0.25) is 4.79 Å². The molecule has 0 fully saturated rings. The summed E-state index contributed by atoms with van der Waals surface area (Å²) in [5.74, 6) is 0.728. The number of Topliss-reactive ketones (excluding diaryl/α,β-unsaturated/α-hetero) is 1. The van der Waals surface area contributed by atoms with E-state index in [1.54, 1.807) is 12.1 Å². The van der Waals surface area contributed by atoms with E-state index in [-0.39, 0.29) is 5.78 Å². The molecule has 0 saturated carbocycles. The molecule has 3 nitrogen and oxygen atoms in total. The number of ether oxygens (including phenoxy) is 1. The predicted molar refractivity (Wildman–Crippen MR) is 58.3 cm³/mol. The van der Waals surface area contributed by atoms with Crippen molar-refractivity contribution in [2.75, 3.05) is 6.61 Å². The highest BCUT2D eigenvalue weighted by atomic mass is 16.6. The molecular formula is C12H18O3. The Morgan fingerprint density at radius 1 is 1.33 bits per heavy atom. The quantitative estimate of drug-likeness (QED) is 0.511. The van der Waals surface area contributed by atoms with E-state index < -0.39 is 0 Å². The Hall–Kier alpha value is -1.25. The fourth-order valence-electron chi connectivity index (χ4n) is 1.29. The van der Waals surface area contributed by atoms with Gasteiger partial charge >= 0.3 is 0 Å². The summed E-state index contributed by atoms with van der Waals surface area (Å²) < 4.78 is 10.5. The molecule has 0 aliphatic carbocycles. The van der Waals surface area contributed by atoms with E-state index in [9.17, 15) is 4.79 Å². The minimum absolute atomic E-state index is 0.0733. The Morgan fingerprint density at radius 3 is 2.73 bits per heavy atom. The van der Waals surface area contributed by atoms with E-state index in [1.807, 2.05) is 0 Å². The van der Waals surface area contributed by atoms with E-state index in [0.29, 0.717) is 18.3 Å². The van der Waals surface area contributed by atoms with Crippen LogP contribution in [-0.4, -0.2) is 12.4 Å². The lowest BCUT2D eigenvalue weighted by Crippen LogP contribution is -1.96. The van der Waals surface area contributed by atoms with Gasteiger partial charge in [0.25, 0.3) is 5.95 Å². The molecule has 3 heteroatoms. The second kappa shape index (κ2) is 6.27. The zero-order valence-corrected chi connectivity index (χ0v) is 9.41. The van der Waals surface area contributed by atoms with E-state index in [0.717, 1.165) is 6.42 Å². The molecule has 0 N–H and O–H groups in total. The highest BCUT2D eigenvalue weighted by Crippen LogP contribution is 2.16. The molecule has 0 aliphatic heterocycles. The van der Waals surface area contributed by atoms with Gasteiger partial charge < -0.3 is 9.15 Å². The van der Waals surface area contributed by atoms with Gasteiger partial charge in [-0.25, -0.2) is 0 Å². The molecule has 84 valence electrons. The van der Waals surface area contributed by atoms with Crippen molar-refractivity contribution < 1.29 is 13.9 Å². The summed E-state index contributed by atoms with van der Waals surface area (Å²) in [5.41, 5.74) is 0. The zero-order valence-electron chi connectivity index (χ0n) is 9.41. The summed E-state index contributed by atoms with van der Waals surface area (Å²) in [6.45, 7) is 4.31. The van der Waals surface area contributed by atoms with E-state index >= 15 is 0 Å². The van der Waals surface area contributed by atoms with Crippen LogP contribution in [-0.2, 0) is 0 Å². The summed E-state index contributed by atoms with van der Waals surface area (Å²) in [6, 6.07) is 3.33. The average Bonchev–Trinajstić information content (AvgIpc) is 2.66. The lowest BCUT2D eigenvalue weighted by Gasteiger charge is -2.01. The van der Waals surface area contributed by atoms with Crippen LogP contribution in [0.25, 0.3) is 0 Å². The second-order valence-corrected chi connectivity index (χ2v) is 3.58. The second-order valence-electron chi connectivity index (χ2n) is 3.58. The van der Waals surface area contributed by atoms with E-state index in [1.165, 1.54) is 26.2 Å². The average molecular weight is 210 g/mol. The molecule has 0 aromatic carbocycles. The molecular weight excluding hydrogens is 192 g/mol. The van der Waals surface area contributed by atoms with Crippen molar-refractivity contribution in [3.05, 3.63) is 17.9 Å². The third kappa shape index (κ3) is 4.19. The summed E-state index contributed by atoms with van der Waals surface area (Å²) in [6.07, 6.45) is 4.66. The Kier molecular flexibility index (Phi) is 4.95. The maximum atomic E-state index is 10.9. The van der Waals surface area contributed by atoms with Crippen LogP contribution in [0.1, 0.15) is 50.1 Å². The minimum atomic E-state index is -0.0733. The number of hydrogen-bond acceptors (Lipinski definition) is 3. The lowest BCUT2D eigenvalue weighted by atomic mass is 10.2. The van der Waals surface area contributed by atoms with Crippen molar-refractivity contribution in [3.63, 3.8) is 0 Å². The minimum Gasteiger partial charge on any atom is -0.465 e. The number of unbranched alkanes of at least 4 members (excludes halogenated alkanes) is 3. The molecule has 1 aromatic heterocycles. The Bertz CT molecular complexity index is 302. The maximum absolute atomic E-state index is 10.9. The summed E-state index contributed by atoms with van der Waals surface area (Å²) in [5, 5.41) is 0. The fraction of sp³-hybridized carbons (Fsp3) is 0.583. The van der Waals surface area contributed by atoms with Crippen LogP contribution in [0.5, 0.6) is 5.95 Å². The van der Waals surface area contributed by atoms with Gasteiger partial charge in [0.1, 0.15) is 0 Å². The van der Waals surface area contributed by atoms with Crippen LogP contribution in [0.2, 0.25) is 0 Å². The topological polar surface area (TPSA) is 39.4 Å². The van der Waals surface area contributed by atoms with Crippen molar-refractivity contribution in [1.29, 1.82) is 0 Å². The van der Waals surface area contributed by atoms with E-state index in [4.69, 9.17) is 9.15 Å². The molecule has 0 atom stereocenters. The smallest absolute Gasteiger partial charge is 0.284 e. The molecule has 15 heavy (non-hydrogen) atoms. The van der Waals surface area contributed by atoms with Crippen molar-refractivity contribution in [2.24, 2.45) is 0 Å². The maximum Gasteiger partial charge on any atom is 0.284 e. The van der Waals surface area contributed by atoms with E-state index in [2.05, 4.69) is 6.92 Å². The van der Waals surface area contributed by atoms with Crippen LogP contribution in [0.15, 0.2) is 16.5 Å². The fourth-order valence-corrected chi connectivity index (χ4v) is 1.29. The molecule has 1 aromatic rings. The molecule has 0 spiro atoms. The highest BCUT2D eigenvalue weighted by Gasteiger charge is 2.06. The molecule has 0 radical (unpaired) electrons. The van der Waals surface area contributed by atoms with Crippen LogP contribution < -0.4 is 4.74 Å². The summed E-state index contributed by atoms with van der Waals surface area (Å²) >= 11 is 0. The number of rotatable bonds is 7. The third-order valence-corrected chi connectivity index (χ3v) is 2.17. The number of carbonyl (C=O) groups is 1. The largest absolute Gasteiger partial charge is 0.465 e. The number of carbonyl (C=O) groups excluding carboxylic acids is 1.